The number of carbonyl (C=O) groups excluding carboxylic acids is 4. The van der Waals surface area contributed by atoms with Gasteiger partial charge in [-0.2, -0.15) is 4.68 Å². The van der Waals surface area contributed by atoms with Crippen molar-refractivity contribution >= 4 is 109 Å². The molecule has 0 saturated carbocycles. The Morgan fingerprint density at radius 2 is 0.740 bits per heavy atom. The minimum atomic E-state index is -3.65. The predicted octanol–water partition coefficient (Wildman–Crippen LogP) is 7.13. The lowest BCUT2D eigenvalue weighted by molar-refractivity contribution is 0.0868. The molecule has 0 atom stereocenters. The largest absolute Gasteiger partial charge is 0.490 e. The van der Waals surface area contributed by atoms with Gasteiger partial charge in [0.15, 0.2) is 5.82 Å². The molecule has 0 unspecified atom stereocenters. The molecule has 0 radical (unpaired) electrons. The number of ether oxygens (including phenoxy) is 4. The average molecular weight is 1850 g/mol. The number of benzene rings is 5. The van der Waals surface area contributed by atoms with Crippen LogP contribution >= 0.6 is 0 Å². The molecule has 131 heavy (non-hydrogen) atoms. The topological polar surface area (TPSA) is 561 Å². The molecule has 8 aromatic heterocycles. The van der Waals surface area contributed by atoms with Gasteiger partial charge in [0, 0.05) is 72.5 Å². The lowest BCUT2D eigenvalue weighted by Gasteiger charge is -2.27. The molecule has 0 bridgehead atoms. The molecule has 0 aliphatic carbocycles. The smallest absolute Gasteiger partial charge is 0.272 e. The van der Waals surface area contributed by atoms with Crippen molar-refractivity contribution in [2.45, 2.75) is 101 Å². The van der Waals surface area contributed by atoms with E-state index in [-0.39, 0.29) is 102 Å². The third kappa shape index (κ3) is 22.7. The number of aromatic nitrogens is 11. The highest BCUT2D eigenvalue weighted by atomic mass is 32.2. The Kier molecular flexibility index (Phi) is 26.1. The number of hydrogen-bond donors (Lipinski definition) is 8. The minimum Gasteiger partial charge on any atom is -0.490 e. The zero-order chi connectivity index (χ0) is 93.6. The number of amides is 4. The van der Waals surface area contributed by atoms with Crippen molar-refractivity contribution in [1.82, 2.24) is 75.3 Å². The van der Waals surface area contributed by atoms with Crippen LogP contribution in [0.3, 0.4) is 0 Å². The first-order valence-electron chi connectivity index (χ1n) is 40.2. The van der Waals surface area contributed by atoms with E-state index in [2.05, 4.69) is 79.1 Å². The van der Waals surface area contributed by atoms with E-state index in [1.54, 1.807) is 146 Å². The number of nitrogens with zero attached hydrogens (tertiary/aromatic N) is 15. The number of pyridine rings is 4. The Balaban J connectivity index is 0.000000142. The molecule has 17 rings (SSSR count). The SMILES string of the molecule is CC(C)(COc1cccc2c1C(N)=NS(=O)(=O)C2)NC(=O)c1ccnc(-n2ccc3ncccc32)c1.CC(C)(COc1cccc2c1C(N)=NS(=O)(=O)C2)NC(=O)c1ccnc(-n2cccc2)c1.CC(C)(COc1cccc2c1C(N)=NS(=O)(=O)C2)NC(=O)c1ccnc(-n2nnc3ccccc32)c1.CC(C)(COc1cccc2c1C(N)=NS(=O)(=O)C2)NC(=O)c1cnccn1. The van der Waals surface area contributed by atoms with Gasteiger partial charge in [-0.05, 0) is 181 Å². The summed E-state index contributed by atoms with van der Waals surface area (Å²) in [6.07, 6.45) is 16.3. The Morgan fingerprint density at radius 1 is 0.366 bits per heavy atom. The molecular formula is C88H89N23O16S4. The van der Waals surface area contributed by atoms with Gasteiger partial charge >= 0.3 is 0 Å². The molecule has 5 aromatic carbocycles. The second-order valence-corrected chi connectivity index (χ2v) is 39.5. The van der Waals surface area contributed by atoms with Crippen LogP contribution in [0.4, 0.5) is 0 Å². The van der Waals surface area contributed by atoms with Crippen molar-refractivity contribution in [3.8, 4) is 40.5 Å². The monoisotopic (exact) mass is 1850 g/mol. The van der Waals surface area contributed by atoms with Crippen LogP contribution < -0.4 is 63.1 Å². The van der Waals surface area contributed by atoms with E-state index in [9.17, 15) is 52.8 Å². The molecule has 0 spiro atoms. The molecule has 4 aliphatic rings. The summed E-state index contributed by atoms with van der Waals surface area (Å²) < 4.78 is 138. The van der Waals surface area contributed by atoms with Gasteiger partial charge in [0.25, 0.3) is 63.7 Å². The third-order valence-corrected chi connectivity index (χ3v) is 24.5. The second kappa shape index (κ2) is 37.2. The number of hydrogen-bond acceptors (Lipinski definition) is 28. The maximum Gasteiger partial charge on any atom is 0.272 e. The molecule has 13 aromatic rings. The quantitative estimate of drug-likeness (QED) is 0.0315. The molecule has 12 heterocycles. The number of carbonyl (C=O) groups is 4. The maximum atomic E-state index is 13.1. The standard InChI is InChI=1S/C25H24N6O4S.C24H23N7O4S.C22H23N5O4S.C17H19N5O4S/c1-25(2,15-35-20-7-3-5-17-14-36(33,34)30-23(26)22(17)20)29-24(32)16-8-11-28-21(13-16)31-12-9-18-19(31)6-4-10-27-18;1-24(2,14-35-19-9-5-6-16-13-36(33,34)29-22(25)21(16)19)27-23(32)15-10-11-26-20(12-15)31-18-8-4-3-7-17(18)28-30-31;1-22(2,25-21(28)15-8-9-24-18(12-15)27-10-3-4-11-27)14-31-17-7-5-6-16-13-32(29,30)26-20(23)19(16)17;1-17(2,21-16(23)12-8-19-6-7-20-12)10-26-13-5-3-4-11-9-27(24,25)22-15(18)14(11)13/h3-13H,14-15H2,1-2H3,(H2,26,30)(H,29,32);3-12H,13-14H2,1-2H3,(H2,25,29)(H,27,32);3-12H,13-14H2,1-2H3,(H2,23,26)(H,25,28);3-8H,9-10H2,1-2H3,(H2,18,22)(H,21,23). The number of para-hydroxylation sites is 1. The molecule has 676 valence electrons. The normalized spacial score (nSPS) is 14.9. The zero-order valence-electron chi connectivity index (χ0n) is 71.7. The first-order valence-corrected chi connectivity index (χ1v) is 46.6. The maximum absolute atomic E-state index is 13.1. The van der Waals surface area contributed by atoms with Crippen LogP contribution in [0.25, 0.3) is 39.5 Å². The summed E-state index contributed by atoms with van der Waals surface area (Å²) in [6.45, 7) is 15.0. The Morgan fingerprint density at radius 3 is 1.15 bits per heavy atom. The molecule has 39 nitrogen and oxygen atoms in total. The Hall–Kier alpha value is -15.2. The van der Waals surface area contributed by atoms with E-state index in [1.807, 2.05) is 124 Å². The van der Waals surface area contributed by atoms with Gasteiger partial charge < -0.3 is 67.7 Å². The number of sulfonamides is 4. The van der Waals surface area contributed by atoms with Crippen LogP contribution in [0.15, 0.2) is 243 Å². The lowest BCUT2D eigenvalue weighted by Crippen LogP contribution is -2.48. The molecular weight excluding hydrogens is 1760 g/mol. The summed E-state index contributed by atoms with van der Waals surface area (Å²) in [5, 5.41) is 20.0. The van der Waals surface area contributed by atoms with Crippen LogP contribution in [0.1, 0.15) is 141 Å². The fraction of sp³-hybridized carbons (Fsp3) is 0.227. The van der Waals surface area contributed by atoms with E-state index in [1.165, 1.54) is 24.8 Å². The van der Waals surface area contributed by atoms with Crippen molar-refractivity contribution in [3.05, 3.63) is 293 Å². The predicted molar refractivity (Wildman–Crippen MR) is 488 cm³/mol. The van der Waals surface area contributed by atoms with Crippen LogP contribution in [0, 0.1) is 0 Å². The van der Waals surface area contributed by atoms with Gasteiger partial charge in [-0.25, -0.2) is 53.6 Å². The van der Waals surface area contributed by atoms with Crippen molar-refractivity contribution < 1.29 is 71.8 Å². The van der Waals surface area contributed by atoms with E-state index in [0.717, 1.165) is 22.1 Å². The lowest BCUT2D eigenvalue weighted by atomic mass is 10.0. The van der Waals surface area contributed by atoms with Gasteiger partial charge in [0.2, 0.25) is 0 Å². The van der Waals surface area contributed by atoms with Gasteiger partial charge in [0.05, 0.1) is 90.2 Å². The Labute approximate surface area is 752 Å². The summed E-state index contributed by atoms with van der Waals surface area (Å²) in [4.78, 5) is 76.4. The number of fused-ring (bicyclic) bond motifs is 6. The number of nitrogens with two attached hydrogens (primary N) is 4. The number of amidine groups is 4. The third-order valence-electron chi connectivity index (χ3n) is 19.9. The molecule has 12 N–H and O–H groups in total. The van der Waals surface area contributed by atoms with Gasteiger partial charge in [-0.3, -0.25) is 33.7 Å². The molecule has 0 fully saturated rings. The van der Waals surface area contributed by atoms with E-state index in [0.29, 0.717) is 102 Å². The van der Waals surface area contributed by atoms with E-state index >= 15 is 0 Å². The van der Waals surface area contributed by atoms with E-state index < -0.39 is 62.2 Å². The van der Waals surface area contributed by atoms with Crippen LogP contribution in [-0.4, -0.2) is 183 Å². The first-order chi connectivity index (χ1) is 62.0. The van der Waals surface area contributed by atoms with Crippen molar-refractivity contribution in [3.63, 3.8) is 0 Å². The summed E-state index contributed by atoms with van der Waals surface area (Å²) in [5.74, 6) is 0.714. The average Bonchev–Trinajstić information content (AvgIpc) is 1.71. The molecule has 0 saturated heterocycles. The highest BCUT2D eigenvalue weighted by Crippen LogP contribution is 2.34. The van der Waals surface area contributed by atoms with Crippen LogP contribution in [-0.2, 0) is 63.1 Å². The fourth-order valence-electron chi connectivity index (χ4n) is 14.0. The second-order valence-electron chi connectivity index (χ2n) is 33.0. The van der Waals surface area contributed by atoms with Gasteiger partial charge in [0.1, 0.15) is 95.6 Å². The fourth-order valence-corrected chi connectivity index (χ4v) is 18.3. The first kappa shape index (κ1) is 92.0. The zero-order valence-corrected chi connectivity index (χ0v) is 75.0. The molecule has 4 amide bonds. The summed E-state index contributed by atoms with van der Waals surface area (Å²) in [7, 11) is -14.5. The Bertz CT molecular complexity index is 7000. The van der Waals surface area contributed by atoms with E-state index in [4.69, 9.17) is 41.9 Å². The van der Waals surface area contributed by atoms with Gasteiger partial charge in [-0.1, -0.05) is 65.9 Å². The van der Waals surface area contributed by atoms with Crippen molar-refractivity contribution in [1.29, 1.82) is 0 Å². The molecule has 43 heteroatoms. The number of nitrogens with one attached hydrogen (secondary N) is 4. The number of rotatable bonds is 23. The van der Waals surface area contributed by atoms with Crippen molar-refractivity contribution in [2.24, 2.45) is 40.5 Å². The van der Waals surface area contributed by atoms with Crippen molar-refractivity contribution in [2.75, 3.05) is 26.4 Å². The summed E-state index contributed by atoms with van der Waals surface area (Å²) in [5.41, 5.74) is 29.2. The molecule has 4 aliphatic heterocycles. The minimum absolute atomic E-state index is 0.0981. The summed E-state index contributed by atoms with van der Waals surface area (Å²) >= 11 is 0. The highest BCUT2D eigenvalue weighted by molar-refractivity contribution is 7.90. The van der Waals surface area contributed by atoms with Gasteiger partial charge in [-0.15, -0.1) is 22.7 Å². The highest BCUT2D eigenvalue weighted by Gasteiger charge is 2.34. The summed E-state index contributed by atoms with van der Waals surface area (Å²) in [6, 6.07) is 47.1. The van der Waals surface area contributed by atoms with Crippen LogP contribution in [0.5, 0.6) is 23.0 Å². The van der Waals surface area contributed by atoms with Crippen LogP contribution in [0.2, 0.25) is 0 Å².